The monoisotopic (exact) mass is 245 g/mol. The number of nitrogens with two attached hydrogens (primary N) is 1. The number of benzene rings is 1. The van der Waals surface area contributed by atoms with E-state index >= 15 is 0 Å². The van der Waals surface area contributed by atoms with Crippen molar-refractivity contribution in [2.24, 2.45) is 0 Å². The number of carbonyl (C=O) groups is 1. The molecule has 0 saturated carbocycles. The predicted molar refractivity (Wildman–Crippen MR) is 72.8 cm³/mol. The van der Waals surface area contributed by atoms with Gasteiger partial charge in [-0.05, 0) is 38.5 Å². The molecule has 0 radical (unpaired) electrons. The fourth-order valence-corrected chi connectivity index (χ4v) is 2.82. The van der Waals surface area contributed by atoms with Crippen LogP contribution in [0.2, 0.25) is 0 Å². The standard InChI is InChI=1S/C14H15NOS/c1-8-7-12(10(3)17-8)14(16)11-5-4-6-13(15)9(11)2/h4-7H,15H2,1-3H3. The molecular weight excluding hydrogens is 230 g/mol. The highest BCUT2D eigenvalue weighted by Crippen LogP contribution is 2.25. The van der Waals surface area contributed by atoms with E-state index in [2.05, 4.69) is 0 Å². The maximum Gasteiger partial charge on any atom is 0.194 e. The van der Waals surface area contributed by atoms with E-state index in [4.69, 9.17) is 5.73 Å². The number of carbonyl (C=O) groups excluding carboxylic acids is 1. The average molecular weight is 245 g/mol. The van der Waals surface area contributed by atoms with E-state index in [1.54, 1.807) is 11.3 Å². The van der Waals surface area contributed by atoms with Crippen LogP contribution in [-0.4, -0.2) is 5.78 Å². The van der Waals surface area contributed by atoms with Crippen molar-refractivity contribution in [2.75, 3.05) is 5.73 Å². The minimum Gasteiger partial charge on any atom is -0.398 e. The van der Waals surface area contributed by atoms with Gasteiger partial charge in [-0.15, -0.1) is 11.3 Å². The average Bonchev–Trinajstić information content (AvgIpc) is 2.61. The van der Waals surface area contributed by atoms with Crippen LogP contribution in [0, 0.1) is 20.8 Å². The third-order valence-electron chi connectivity index (χ3n) is 2.91. The number of hydrogen-bond donors (Lipinski definition) is 1. The second-order valence-electron chi connectivity index (χ2n) is 4.18. The molecule has 1 aromatic heterocycles. The predicted octanol–water partition coefficient (Wildman–Crippen LogP) is 3.49. The van der Waals surface area contributed by atoms with Crippen molar-refractivity contribution in [3.63, 3.8) is 0 Å². The Labute approximate surface area is 105 Å². The van der Waals surface area contributed by atoms with Gasteiger partial charge in [0, 0.05) is 26.6 Å². The van der Waals surface area contributed by atoms with Crippen LogP contribution >= 0.6 is 11.3 Å². The highest BCUT2D eigenvalue weighted by Gasteiger charge is 2.16. The first-order chi connectivity index (χ1) is 8.00. The van der Waals surface area contributed by atoms with Gasteiger partial charge >= 0.3 is 0 Å². The van der Waals surface area contributed by atoms with Gasteiger partial charge in [0.2, 0.25) is 0 Å². The third kappa shape index (κ3) is 2.11. The molecule has 0 fully saturated rings. The van der Waals surface area contributed by atoms with Crippen molar-refractivity contribution in [2.45, 2.75) is 20.8 Å². The number of aryl methyl sites for hydroxylation is 2. The molecule has 0 amide bonds. The van der Waals surface area contributed by atoms with Crippen molar-refractivity contribution in [1.82, 2.24) is 0 Å². The Hall–Kier alpha value is -1.61. The molecule has 88 valence electrons. The summed E-state index contributed by atoms with van der Waals surface area (Å²) in [6, 6.07) is 7.42. The summed E-state index contributed by atoms with van der Waals surface area (Å²) in [5, 5.41) is 0. The SMILES string of the molecule is Cc1cc(C(=O)c2cccc(N)c2C)c(C)s1. The van der Waals surface area contributed by atoms with Crippen LogP contribution in [-0.2, 0) is 0 Å². The molecule has 0 saturated heterocycles. The summed E-state index contributed by atoms with van der Waals surface area (Å²) < 4.78 is 0. The summed E-state index contributed by atoms with van der Waals surface area (Å²) in [5.74, 6) is 0.0663. The molecular formula is C14H15NOS. The second-order valence-corrected chi connectivity index (χ2v) is 5.64. The molecule has 0 atom stereocenters. The fourth-order valence-electron chi connectivity index (χ4n) is 1.90. The zero-order valence-corrected chi connectivity index (χ0v) is 11.0. The minimum absolute atomic E-state index is 0.0663. The van der Waals surface area contributed by atoms with Crippen LogP contribution in [0.1, 0.15) is 31.2 Å². The van der Waals surface area contributed by atoms with Crippen LogP contribution < -0.4 is 5.73 Å². The van der Waals surface area contributed by atoms with Gasteiger partial charge in [0.1, 0.15) is 0 Å². The fraction of sp³-hybridized carbons (Fsp3) is 0.214. The number of anilines is 1. The Bertz CT molecular complexity index is 584. The lowest BCUT2D eigenvalue weighted by Crippen LogP contribution is -2.05. The number of thiophene rings is 1. The molecule has 2 aromatic rings. The molecule has 2 nitrogen and oxygen atoms in total. The van der Waals surface area contributed by atoms with Gasteiger partial charge < -0.3 is 5.73 Å². The van der Waals surface area contributed by atoms with Crippen LogP contribution in [0.15, 0.2) is 24.3 Å². The molecule has 0 bridgehead atoms. The van der Waals surface area contributed by atoms with Crippen LogP contribution in [0.25, 0.3) is 0 Å². The van der Waals surface area contributed by atoms with Crippen LogP contribution in [0.3, 0.4) is 0 Å². The first-order valence-electron chi connectivity index (χ1n) is 5.47. The molecule has 0 aliphatic rings. The van der Waals surface area contributed by atoms with E-state index in [-0.39, 0.29) is 5.78 Å². The maximum absolute atomic E-state index is 12.4. The van der Waals surface area contributed by atoms with E-state index in [1.165, 1.54) is 0 Å². The molecule has 1 aromatic carbocycles. The number of hydrogen-bond acceptors (Lipinski definition) is 3. The van der Waals surface area contributed by atoms with Gasteiger partial charge in [-0.25, -0.2) is 0 Å². The largest absolute Gasteiger partial charge is 0.398 e. The van der Waals surface area contributed by atoms with Gasteiger partial charge in [-0.1, -0.05) is 12.1 Å². The van der Waals surface area contributed by atoms with Gasteiger partial charge in [-0.2, -0.15) is 0 Å². The molecule has 2 N–H and O–H groups in total. The van der Waals surface area contributed by atoms with Crippen molar-refractivity contribution in [3.05, 3.63) is 50.7 Å². The quantitative estimate of drug-likeness (QED) is 0.650. The lowest BCUT2D eigenvalue weighted by molar-refractivity contribution is 0.103. The van der Waals surface area contributed by atoms with Gasteiger partial charge in [0.25, 0.3) is 0 Å². The van der Waals surface area contributed by atoms with Gasteiger partial charge in [-0.3, -0.25) is 4.79 Å². The van der Waals surface area contributed by atoms with Crippen LogP contribution in [0.5, 0.6) is 0 Å². The van der Waals surface area contributed by atoms with E-state index in [9.17, 15) is 4.79 Å². The van der Waals surface area contributed by atoms with E-state index < -0.39 is 0 Å². The Kier molecular flexibility index (Phi) is 3.03. The zero-order valence-electron chi connectivity index (χ0n) is 10.2. The van der Waals surface area contributed by atoms with E-state index in [0.717, 1.165) is 20.9 Å². The minimum atomic E-state index is 0.0663. The second kappa shape index (κ2) is 4.34. The lowest BCUT2D eigenvalue weighted by atomic mass is 9.98. The first-order valence-corrected chi connectivity index (χ1v) is 6.29. The summed E-state index contributed by atoms with van der Waals surface area (Å²) in [6.45, 7) is 5.88. The molecule has 3 heteroatoms. The smallest absolute Gasteiger partial charge is 0.194 e. The highest BCUT2D eigenvalue weighted by molar-refractivity contribution is 7.12. The first kappa shape index (κ1) is 11.9. The lowest BCUT2D eigenvalue weighted by Gasteiger charge is -2.06. The molecule has 0 unspecified atom stereocenters. The normalized spacial score (nSPS) is 10.5. The zero-order chi connectivity index (χ0) is 12.6. The van der Waals surface area contributed by atoms with E-state index in [1.807, 2.05) is 45.0 Å². The third-order valence-corrected chi connectivity index (χ3v) is 3.87. The highest BCUT2D eigenvalue weighted by atomic mass is 32.1. The molecule has 0 aliphatic heterocycles. The van der Waals surface area contributed by atoms with Gasteiger partial charge in [0.15, 0.2) is 5.78 Å². The summed E-state index contributed by atoms with van der Waals surface area (Å²) in [4.78, 5) is 14.6. The molecule has 2 rings (SSSR count). The molecule has 0 spiro atoms. The number of ketones is 1. The maximum atomic E-state index is 12.4. The molecule has 17 heavy (non-hydrogen) atoms. The van der Waals surface area contributed by atoms with Crippen molar-refractivity contribution >= 4 is 22.8 Å². The van der Waals surface area contributed by atoms with Gasteiger partial charge in [0.05, 0.1) is 0 Å². The topological polar surface area (TPSA) is 43.1 Å². The molecule has 0 aliphatic carbocycles. The summed E-state index contributed by atoms with van der Waals surface area (Å²) in [7, 11) is 0. The number of rotatable bonds is 2. The Morgan fingerprint density at radius 3 is 2.47 bits per heavy atom. The Morgan fingerprint density at radius 2 is 1.88 bits per heavy atom. The van der Waals surface area contributed by atoms with Crippen LogP contribution in [0.4, 0.5) is 5.69 Å². The summed E-state index contributed by atoms with van der Waals surface area (Å²) in [6.07, 6.45) is 0. The van der Waals surface area contributed by atoms with Crippen molar-refractivity contribution < 1.29 is 4.79 Å². The van der Waals surface area contributed by atoms with Crippen molar-refractivity contribution in [3.8, 4) is 0 Å². The number of nitrogen functional groups attached to an aromatic ring is 1. The van der Waals surface area contributed by atoms with E-state index in [0.29, 0.717) is 11.3 Å². The molecule has 1 heterocycles. The van der Waals surface area contributed by atoms with Crippen molar-refractivity contribution in [1.29, 1.82) is 0 Å². The Balaban J connectivity index is 2.51. The summed E-state index contributed by atoms with van der Waals surface area (Å²) in [5.41, 5.74) is 8.85. The summed E-state index contributed by atoms with van der Waals surface area (Å²) >= 11 is 1.65. The Morgan fingerprint density at radius 1 is 1.18 bits per heavy atom.